The summed E-state index contributed by atoms with van der Waals surface area (Å²) >= 11 is 0. The van der Waals surface area contributed by atoms with Crippen LogP contribution in [0.15, 0.2) is 0 Å². The second-order valence-corrected chi connectivity index (χ2v) is 2.61. The van der Waals surface area contributed by atoms with Crippen LogP contribution in [0.2, 0.25) is 0 Å². The summed E-state index contributed by atoms with van der Waals surface area (Å²) in [5.74, 6) is 0. The van der Waals surface area contributed by atoms with E-state index in [9.17, 15) is 8.76 Å². The van der Waals surface area contributed by atoms with E-state index >= 15 is 0 Å². The molecule has 42 valence electrons. The van der Waals surface area contributed by atoms with Crippen LogP contribution in [0.1, 0.15) is 0 Å². The van der Waals surface area contributed by atoms with E-state index in [0.717, 1.165) is 0 Å². The smallest absolute Gasteiger partial charge is 0.209 e. The molecule has 2 unspecified atom stereocenters. The molecule has 0 bridgehead atoms. The van der Waals surface area contributed by atoms with Gasteiger partial charge in [-0.25, -0.2) is 4.20 Å². The molecule has 0 fully saturated rings. The van der Waals surface area contributed by atoms with Gasteiger partial charge in [0, 0.05) is 0 Å². The largest absolute Gasteiger partial charge is 0.618 e. The van der Waals surface area contributed by atoms with E-state index in [0.29, 0.717) is 0 Å². The van der Waals surface area contributed by atoms with Gasteiger partial charge in [-0.1, -0.05) is 0 Å². The summed E-state index contributed by atoms with van der Waals surface area (Å²) in [7, 11) is -1.71. The van der Waals surface area contributed by atoms with Gasteiger partial charge in [0.2, 0.25) is 0 Å². The molecule has 0 heterocycles. The van der Waals surface area contributed by atoms with Gasteiger partial charge in [-0.3, -0.25) is 0 Å². The van der Waals surface area contributed by atoms with E-state index < -0.39 is 17.2 Å². The maximum atomic E-state index is 11.1. The van der Waals surface area contributed by atoms with Crippen molar-refractivity contribution in [3.05, 3.63) is 0 Å². The number of hydrogen-bond donors (Lipinski definition) is 1. The summed E-state index contributed by atoms with van der Waals surface area (Å²) in [6.45, 7) is 0. The van der Waals surface area contributed by atoms with Gasteiger partial charge in [-0.05, 0) is 9.42 Å². The molecule has 0 radical (unpaired) electrons. The van der Waals surface area contributed by atoms with Crippen molar-refractivity contribution >= 4 is 17.2 Å². The quantitative estimate of drug-likeness (QED) is 0.607. The van der Waals surface area contributed by atoms with Gasteiger partial charge in [0.05, 0.1) is 7.11 Å². The fraction of sp³-hybridized carbons (Fsp3) is 1.00. The minimum atomic E-state index is -1.94. The van der Waals surface area contributed by atoms with Crippen molar-refractivity contribution < 1.29 is 13.3 Å². The molecular weight excluding hydrogens is 139 g/mol. The molecule has 0 saturated heterocycles. The van der Waals surface area contributed by atoms with E-state index in [1.165, 1.54) is 7.11 Å². The summed E-state index contributed by atoms with van der Waals surface area (Å²) in [6.07, 6.45) is 0. The first kappa shape index (κ1) is 7.38. The van der Waals surface area contributed by atoms with Crippen LogP contribution in [-0.4, -0.2) is 7.11 Å². The lowest BCUT2D eigenvalue weighted by molar-refractivity contribution is 0.412. The highest BCUT2D eigenvalue weighted by Crippen LogP contribution is 2.22. The second kappa shape index (κ2) is 4.54. The number of hydrogen-bond acceptors (Lipinski definition) is 2. The topological polar surface area (TPSA) is 38.3 Å². The molecule has 2 atom stereocenters. The molecule has 0 aromatic heterocycles. The molecule has 3 nitrogen and oxygen atoms in total. The molecule has 0 saturated carbocycles. The average molecular weight is 144 g/mol. The van der Waals surface area contributed by atoms with Crippen molar-refractivity contribution in [2.75, 3.05) is 7.11 Å². The van der Waals surface area contributed by atoms with Gasteiger partial charge in [0.1, 0.15) is 0 Å². The third kappa shape index (κ3) is 4.23. The third-order valence-electron chi connectivity index (χ3n) is 0.299. The molecule has 6 heteroatoms. The predicted octanol–water partition coefficient (Wildman–Crippen LogP) is 1.36. The number of nitrogens with one attached hydrogen (secondary N) is 1. The van der Waals surface area contributed by atoms with Crippen molar-refractivity contribution in [1.29, 1.82) is 0 Å². The molecule has 0 aliphatic rings. The molecule has 0 aromatic rings. The van der Waals surface area contributed by atoms with Gasteiger partial charge >= 0.3 is 8.18 Å². The highest BCUT2D eigenvalue weighted by atomic mass is 31.2. The molecule has 0 aromatic carbocycles. The molecule has 0 spiro atoms. The molecule has 0 rings (SSSR count). The standard InChI is InChI=1S/CH5FNO2P2/c1-5-7(4)3-6-2/h6H,1H3,(H,3,4)/q+1. The number of rotatable bonds is 3. The normalized spacial score (nSPS) is 13.1. The maximum Gasteiger partial charge on any atom is 0.618 e. The Kier molecular flexibility index (Phi) is 4.78. The Morgan fingerprint density at radius 1 is 2.00 bits per heavy atom. The van der Waals surface area contributed by atoms with Crippen LogP contribution >= 0.6 is 17.2 Å². The first-order valence-electron chi connectivity index (χ1n) is 1.44. The van der Waals surface area contributed by atoms with Gasteiger partial charge in [0.15, 0.2) is 9.04 Å². The fourth-order valence-corrected chi connectivity index (χ4v) is 0.721. The first-order chi connectivity index (χ1) is 3.31. The fourth-order valence-electron chi connectivity index (χ4n) is 0.0801. The van der Waals surface area contributed by atoms with Crippen LogP contribution in [-0.2, 0) is 9.09 Å². The molecule has 0 aliphatic heterocycles. The van der Waals surface area contributed by atoms with Crippen molar-refractivity contribution in [2.24, 2.45) is 0 Å². The van der Waals surface area contributed by atoms with E-state index in [-0.39, 0.29) is 0 Å². The average Bonchev–Trinajstić information content (AvgIpc) is 1.68. The molecule has 0 amide bonds. The number of halogens is 1. The molecule has 1 N–H and O–H groups in total. The van der Waals surface area contributed by atoms with Crippen LogP contribution in [0, 0.1) is 0 Å². The van der Waals surface area contributed by atoms with Crippen LogP contribution in [0.25, 0.3) is 0 Å². The van der Waals surface area contributed by atoms with Crippen molar-refractivity contribution in [2.45, 2.75) is 0 Å². The minimum absolute atomic E-state index is 1.01. The van der Waals surface area contributed by atoms with E-state index in [2.05, 4.69) is 4.52 Å². The lowest BCUT2D eigenvalue weighted by Crippen LogP contribution is -1.82. The van der Waals surface area contributed by atoms with Crippen molar-refractivity contribution in [1.82, 2.24) is 4.86 Å². The summed E-state index contributed by atoms with van der Waals surface area (Å²) < 4.78 is 25.2. The monoisotopic (exact) mass is 144 g/mol. The summed E-state index contributed by atoms with van der Waals surface area (Å²) in [6, 6.07) is 0. The predicted molar refractivity (Wildman–Crippen MR) is 27.2 cm³/mol. The zero-order valence-corrected chi connectivity index (χ0v) is 5.54. The Labute approximate surface area is 43.5 Å². The summed E-state index contributed by atoms with van der Waals surface area (Å²) in [5, 5.41) is 0. The van der Waals surface area contributed by atoms with Gasteiger partial charge in [-0.2, -0.15) is 0 Å². The van der Waals surface area contributed by atoms with Crippen molar-refractivity contribution in [3.8, 4) is 0 Å². The lowest BCUT2D eigenvalue weighted by Gasteiger charge is -1.73. The van der Waals surface area contributed by atoms with Crippen molar-refractivity contribution in [3.63, 3.8) is 0 Å². The first-order valence-corrected chi connectivity index (χ1v) is 3.49. The Morgan fingerprint density at radius 3 is 2.71 bits per heavy atom. The summed E-state index contributed by atoms with van der Waals surface area (Å²) in [5.41, 5.74) is 0. The highest BCUT2D eigenvalue weighted by Gasteiger charge is 2.11. The van der Waals surface area contributed by atoms with Crippen LogP contribution < -0.4 is 4.86 Å². The molecule has 7 heavy (non-hydrogen) atoms. The minimum Gasteiger partial charge on any atom is -0.209 e. The van der Waals surface area contributed by atoms with Gasteiger partial charge < -0.3 is 0 Å². The molecular formula is CH5FNO2P2+. The Morgan fingerprint density at radius 2 is 2.57 bits per heavy atom. The third-order valence-corrected chi connectivity index (χ3v) is 1.70. The zero-order valence-electron chi connectivity index (χ0n) is 3.64. The second-order valence-electron chi connectivity index (χ2n) is 0.646. The Hall–Kier alpha value is 0.380. The maximum absolute atomic E-state index is 11.1. The van der Waals surface area contributed by atoms with E-state index in [1.54, 1.807) is 0 Å². The highest BCUT2D eigenvalue weighted by molar-refractivity contribution is 7.50. The summed E-state index contributed by atoms with van der Waals surface area (Å²) in [4.78, 5) is 1.94. The Bertz CT molecular complexity index is 68.7. The Balaban J connectivity index is 3.00. The van der Waals surface area contributed by atoms with Gasteiger partial charge in [-0.15, -0.1) is 4.52 Å². The van der Waals surface area contributed by atoms with E-state index in [1.807, 2.05) is 4.86 Å². The van der Waals surface area contributed by atoms with Crippen LogP contribution in [0.3, 0.4) is 0 Å². The zero-order chi connectivity index (χ0) is 5.70. The van der Waals surface area contributed by atoms with E-state index in [4.69, 9.17) is 0 Å². The lowest BCUT2D eigenvalue weighted by atomic mass is 11.8. The van der Waals surface area contributed by atoms with Crippen LogP contribution in [0.4, 0.5) is 4.20 Å². The molecule has 0 aliphatic carbocycles. The SMILES string of the molecule is CO[P+](=O)NPF. The van der Waals surface area contributed by atoms with Crippen LogP contribution in [0.5, 0.6) is 0 Å². The van der Waals surface area contributed by atoms with Gasteiger partial charge in [0.25, 0.3) is 0 Å².